The summed E-state index contributed by atoms with van der Waals surface area (Å²) in [7, 11) is 1.58. The Kier molecular flexibility index (Phi) is 6.11. The van der Waals surface area contributed by atoms with Crippen LogP contribution in [0.1, 0.15) is 12.5 Å². The standard InChI is InChI=1S/C12H16Br2N2O2/c1-7(12(17)16-2)18-11-9(13)5-8(3-4-15)6-10(11)14/h5-7H,3-4,15H2,1-2H3,(H,16,17). The first-order valence-electron chi connectivity index (χ1n) is 5.55. The molecule has 0 spiro atoms. The van der Waals surface area contributed by atoms with Gasteiger partial charge in [0.25, 0.3) is 5.91 Å². The largest absolute Gasteiger partial charge is 0.479 e. The second-order valence-corrected chi connectivity index (χ2v) is 5.51. The fourth-order valence-corrected chi connectivity index (χ4v) is 2.94. The average molecular weight is 380 g/mol. The minimum atomic E-state index is -0.553. The van der Waals surface area contributed by atoms with E-state index in [9.17, 15) is 4.79 Å². The zero-order valence-corrected chi connectivity index (χ0v) is 13.5. The van der Waals surface area contributed by atoms with E-state index in [1.165, 1.54) is 0 Å². The number of nitrogens with one attached hydrogen (secondary N) is 1. The Morgan fingerprint density at radius 2 is 2.00 bits per heavy atom. The Morgan fingerprint density at radius 1 is 1.44 bits per heavy atom. The monoisotopic (exact) mass is 378 g/mol. The molecule has 1 amide bonds. The highest BCUT2D eigenvalue weighted by molar-refractivity contribution is 9.11. The van der Waals surface area contributed by atoms with E-state index >= 15 is 0 Å². The van der Waals surface area contributed by atoms with Gasteiger partial charge in [-0.3, -0.25) is 4.79 Å². The van der Waals surface area contributed by atoms with Gasteiger partial charge in [-0.25, -0.2) is 0 Å². The lowest BCUT2D eigenvalue weighted by Gasteiger charge is -2.16. The van der Waals surface area contributed by atoms with Crippen molar-refractivity contribution in [3.63, 3.8) is 0 Å². The van der Waals surface area contributed by atoms with Crippen LogP contribution in [0.5, 0.6) is 5.75 Å². The van der Waals surface area contributed by atoms with E-state index in [1.54, 1.807) is 14.0 Å². The predicted octanol–water partition coefficient (Wildman–Crippen LogP) is 2.23. The molecule has 0 fully saturated rings. The third kappa shape index (κ3) is 3.96. The van der Waals surface area contributed by atoms with Gasteiger partial charge in [0.2, 0.25) is 0 Å². The summed E-state index contributed by atoms with van der Waals surface area (Å²) in [5.74, 6) is 0.451. The maximum atomic E-state index is 11.4. The number of carbonyl (C=O) groups is 1. The topological polar surface area (TPSA) is 64.3 Å². The lowest BCUT2D eigenvalue weighted by molar-refractivity contribution is -0.126. The van der Waals surface area contributed by atoms with Crippen molar-refractivity contribution in [2.75, 3.05) is 13.6 Å². The van der Waals surface area contributed by atoms with Crippen LogP contribution in [0.3, 0.4) is 0 Å². The number of nitrogens with two attached hydrogens (primary N) is 1. The fourth-order valence-electron chi connectivity index (χ4n) is 1.47. The summed E-state index contributed by atoms with van der Waals surface area (Å²) in [5.41, 5.74) is 6.63. The molecule has 0 bridgehead atoms. The third-order valence-corrected chi connectivity index (χ3v) is 3.58. The van der Waals surface area contributed by atoms with Crippen LogP contribution in [0.4, 0.5) is 0 Å². The van der Waals surface area contributed by atoms with Crippen molar-refractivity contribution in [3.8, 4) is 5.75 Å². The summed E-state index contributed by atoms with van der Waals surface area (Å²) in [4.78, 5) is 11.4. The minimum Gasteiger partial charge on any atom is -0.479 e. The highest BCUT2D eigenvalue weighted by Gasteiger charge is 2.17. The molecule has 0 aromatic heterocycles. The van der Waals surface area contributed by atoms with Crippen LogP contribution in [-0.2, 0) is 11.2 Å². The number of rotatable bonds is 5. The van der Waals surface area contributed by atoms with Gasteiger partial charge in [-0.05, 0) is 69.4 Å². The number of halogens is 2. The molecule has 1 atom stereocenters. The van der Waals surface area contributed by atoms with Crippen molar-refractivity contribution in [3.05, 3.63) is 26.6 Å². The molecule has 6 heteroatoms. The van der Waals surface area contributed by atoms with Crippen LogP contribution in [0, 0.1) is 0 Å². The maximum Gasteiger partial charge on any atom is 0.260 e. The van der Waals surface area contributed by atoms with Crippen LogP contribution in [0.15, 0.2) is 21.1 Å². The first-order valence-corrected chi connectivity index (χ1v) is 7.14. The Morgan fingerprint density at radius 3 is 2.44 bits per heavy atom. The van der Waals surface area contributed by atoms with Crippen molar-refractivity contribution >= 4 is 37.8 Å². The molecule has 0 heterocycles. The molecule has 0 aliphatic rings. The Balaban J connectivity index is 2.93. The number of hydrogen-bond acceptors (Lipinski definition) is 3. The molecule has 1 unspecified atom stereocenters. The van der Waals surface area contributed by atoms with Gasteiger partial charge >= 0.3 is 0 Å². The van der Waals surface area contributed by atoms with Gasteiger partial charge in [-0.1, -0.05) is 0 Å². The molecule has 100 valence electrons. The summed E-state index contributed by atoms with van der Waals surface area (Å²) in [6.45, 7) is 2.29. The van der Waals surface area contributed by atoms with Crippen LogP contribution in [-0.4, -0.2) is 25.6 Å². The summed E-state index contributed by atoms with van der Waals surface area (Å²) >= 11 is 6.88. The molecule has 3 N–H and O–H groups in total. The molecule has 0 aliphatic carbocycles. The summed E-state index contributed by atoms with van der Waals surface area (Å²) < 4.78 is 7.23. The van der Waals surface area contributed by atoms with Gasteiger partial charge in [0.1, 0.15) is 5.75 Å². The molecule has 1 rings (SSSR count). The maximum absolute atomic E-state index is 11.4. The minimum absolute atomic E-state index is 0.167. The van der Waals surface area contributed by atoms with Crippen LogP contribution in [0.25, 0.3) is 0 Å². The van der Waals surface area contributed by atoms with Crippen molar-refractivity contribution in [1.29, 1.82) is 0 Å². The molecule has 4 nitrogen and oxygen atoms in total. The van der Waals surface area contributed by atoms with Crippen molar-refractivity contribution in [1.82, 2.24) is 5.32 Å². The molecular formula is C12H16Br2N2O2. The Hall–Kier alpha value is -0.590. The van der Waals surface area contributed by atoms with Crippen LogP contribution in [0.2, 0.25) is 0 Å². The highest BCUT2D eigenvalue weighted by Crippen LogP contribution is 2.35. The van der Waals surface area contributed by atoms with Gasteiger partial charge in [-0.2, -0.15) is 0 Å². The van der Waals surface area contributed by atoms with Crippen LogP contribution >= 0.6 is 31.9 Å². The second kappa shape index (κ2) is 7.11. The van der Waals surface area contributed by atoms with Crippen LogP contribution < -0.4 is 15.8 Å². The van der Waals surface area contributed by atoms with Gasteiger partial charge in [-0.15, -0.1) is 0 Å². The van der Waals surface area contributed by atoms with Gasteiger partial charge in [0, 0.05) is 7.05 Å². The number of benzene rings is 1. The lowest BCUT2D eigenvalue weighted by atomic mass is 10.1. The molecular weight excluding hydrogens is 364 g/mol. The summed E-state index contributed by atoms with van der Waals surface area (Å²) in [5, 5.41) is 2.54. The first-order chi connectivity index (χ1) is 8.49. The number of hydrogen-bond donors (Lipinski definition) is 2. The van der Waals surface area contributed by atoms with E-state index in [4.69, 9.17) is 10.5 Å². The Bertz CT molecular complexity index is 415. The second-order valence-electron chi connectivity index (χ2n) is 3.80. The van der Waals surface area contributed by atoms with Gasteiger partial charge < -0.3 is 15.8 Å². The molecule has 0 saturated carbocycles. The summed E-state index contributed by atoms with van der Waals surface area (Å²) in [6, 6.07) is 3.90. The van der Waals surface area contributed by atoms with Gasteiger partial charge in [0.15, 0.2) is 6.10 Å². The quantitative estimate of drug-likeness (QED) is 0.824. The zero-order chi connectivity index (χ0) is 13.7. The smallest absolute Gasteiger partial charge is 0.260 e. The highest BCUT2D eigenvalue weighted by atomic mass is 79.9. The molecule has 0 saturated heterocycles. The average Bonchev–Trinajstić information content (AvgIpc) is 2.33. The van der Waals surface area contributed by atoms with Crippen molar-refractivity contribution in [2.24, 2.45) is 5.73 Å². The third-order valence-electron chi connectivity index (χ3n) is 2.40. The van der Waals surface area contributed by atoms with E-state index in [-0.39, 0.29) is 5.91 Å². The molecule has 0 radical (unpaired) electrons. The first kappa shape index (κ1) is 15.5. The molecule has 0 aliphatic heterocycles. The van der Waals surface area contributed by atoms with Crippen molar-refractivity contribution in [2.45, 2.75) is 19.4 Å². The SMILES string of the molecule is CNC(=O)C(C)Oc1c(Br)cc(CCN)cc1Br. The lowest BCUT2D eigenvalue weighted by Crippen LogP contribution is -2.33. The molecule has 1 aromatic carbocycles. The van der Waals surface area contributed by atoms with E-state index in [0.29, 0.717) is 12.3 Å². The predicted molar refractivity (Wildman–Crippen MR) is 78.8 cm³/mol. The number of carbonyl (C=O) groups excluding carboxylic acids is 1. The van der Waals surface area contributed by atoms with Gasteiger partial charge in [0.05, 0.1) is 8.95 Å². The molecule has 18 heavy (non-hydrogen) atoms. The van der Waals surface area contributed by atoms with Crippen molar-refractivity contribution < 1.29 is 9.53 Å². The normalized spacial score (nSPS) is 12.1. The number of ether oxygens (including phenoxy) is 1. The fraction of sp³-hybridized carbons (Fsp3) is 0.417. The number of likely N-dealkylation sites (N-methyl/N-ethyl adjacent to an activating group) is 1. The Labute approximate surface area is 124 Å². The van der Waals surface area contributed by atoms with E-state index in [1.807, 2.05) is 12.1 Å². The van der Waals surface area contributed by atoms with E-state index in [0.717, 1.165) is 20.9 Å². The molecule has 1 aromatic rings. The summed E-state index contributed by atoms with van der Waals surface area (Å²) in [6.07, 6.45) is 0.241. The zero-order valence-electron chi connectivity index (χ0n) is 10.3. The van der Waals surface area contributed by atoms with E-state index < -0.39 is 6.10 Å². The number of amides is 1. The van der Waals surface area contributed by atoms with E-state index in [2.05, 4.69) is 37.2 Å².